The minimum Gasteiger partial charge on any atom is -0.481 e. The van der Waals surface area contributed by atoms with E-state index in [2.05, 4.69) is 5.32 Å². The molecule has 0 aliphatic carbocycles. The van der Waals surface area contributed by atoms with Crippen LogP contribution in [0, 0.1) is 5.92 Å². The molecule has 116 valence electrons. The highest BCUT2D eigenvalue weighted by atomic mass is 16.4. The van der Waals surface area contributed by atoms with E-state index in [1.165, 1.54) is 6.92 Å². The van der Waals surface area contributed by atoms with E-state index in [-0.39, 0.29) is 38.0 Å². The number of aliphatic carboxylic acids is 2. The maximum absolute atomic E-state index is 11.8. The molecule has 20 heavy (non-hydrogen) atoms. The molecule has 7 heteroatoms. The van der Waals surface area contributed by atoms with Gasteiger partial charge in [0.25, 0.3) is 0 Å². The normalized spacial score (nSPS) is 13.8. The third-order valence-electron chi connectivity index (χ3n) is 2.98. The van der Waals surface area contributed by atoms with Crippen molar-refractivity contribution in [3.05, 3.63) is 0 Å². The van der Waals surface area contributed by atoms with E-state index in [1.54, 1.807) is 4.90 Å². The molecule has 0 rings (SSSR count). The largest absolute Gasteiger partial charge is 0.481 e. The summed E-state index contributed by atoms with van der Waals surface area (Å²) in [5.41, 5.74) is 0. The van der Waals surface area contributed by atoms with Gasteiger partial charge in [0, 0.05) is 19.1 Å². The molecule has 2 unspecified atom stereocenters. The van der Waals surface area contributed by atoms with Crippen molar-refractivity contribution in [3.63, 3.8) is 0 Å². The van der Waals surface area contributed by atoms with Crippen molar-refractivity contribution in [2.45, 2.75) is 39.7 Å². The highest BCUT2D eigenvalue weighted by Gasteiger charge is 2.19. The lowest BCUT2D eigenvalue weighted by atomic mass is 10.1. The minimum absolute atomic E-state index is 0.00917. The number of carboxylic acids is 2. The summed E-state index contributed by atoms with van der Waals surface area (Å²) in [6.07, 6.45) is 0.676. The number of carbonyl (C=O) groups excluding carboxylic acids is 1. The van der Waals surface area contributed by atoms with E-state index in [0.717, 1.165) is 6.42 Å². The van der Waals surface area contributed by atoms with Gasteiger partial charge < -0.3 is 15.5 Å². The molecular formula is C13H24N2O5. The van der Waals surface area contributed by atoms with Crippen LogP contribution < -0.4 is 5.32 Å². The summed E-state index contributed by atoms with van der Waals surface area (Å²) in [5, 5.41) is 20.3. The van der Waals surface area contributed by atoms with Gasteiger partial charge in [-0.15, -0.1) is 0 Å². The van der Waals surface area contributed by atoms with Crippen LogP contribution in [0.15, 0.2) is 0 Å². The summed E-state index contributed by atoms with van der Waals surface area (Å²) < 4.78 is 0. The van der Waals surface area contributed by atoms with Crippen molar-refractivity contribution in [2.24, 2.45) is 5.92 Å². The molecule has 0 aromatic carbocycles. The third kappa shape index (κ3) is 8.47. The predicted octanol–water partition coefficient (Wildman–Crippen LogP) is 0.399. The number of rotatable bonds is 10. The van der Waals surface area contributed by atoms with E-state index in [9.17, 15) is 14.4 Å². The maximum Gasteiger partial charge on any atom is 0.307 e. The molecule has 0 heterocycles. The molecule has 0 spiro atoms. The van der Waals surface area contributed by atoms with Crippen LogP contribution in [0.1, 0.15) is 33.6 Å². The summed E-state index contributed by atoms with van der Waals surface area (Å²) in [6, 6.07) is 0.0423. The SMILES string of the molecule is CCC(C)NC(=O)CN(CCC(=O)O)CC(C)C(=O)O. The zero-order chi connectivity index (χ0) is 15.7. The van der Waals surface area contributed by atoms with Gasteiger partial charge in [-0.1, -0.05) is 13.8 Å². The fourth-order valence-electron chi connectivity index (χ4n) is 1.58. The summed E-state index contributed by atoms with van der Waals surface area (Å²) in [7, 11) is 0. The number of carbonyl (C=O) groups is 3. The fraction of sp³-hybridized carbons (Fsp3) is 0.769. The number of amides is 1. The Kier molecular flexibility index (Phi) is 8.54. The number of hydrogen-bond acceptors (Lipinski definition) is 4. The predicted molar refractivity (Wildman–Crippen MR) is 73.4 cm³/mol. The average Bonchev–Trinajstić information content (AvgIpc) is 2.35. The van der Waals surface area contributed by atoms with Gasteiger partial charge in [0.05, 0.1) is 18.9 Å². The zero-order valence-electron chi connectivity index (χ0n) is 12.3. The molecule has 0 bridgehead atoms. The Morgan fingerprint density at radius 2 is 1.80 bits per heavy atom. The van der Waals surface area contributed by atoms with E-state index in [1.807, 2.05) is 13.8 Å². The fourth-order valence-corrected chi connectivity index (χ4v) is 1.58. The molecule has 0 saturated heterocycles. The summed E-state index contributed by atoms with van der Waals surface area (Å²) in [6.45, 7) is 5.66. The first-order valence-corrected chi connectivity index (χ1v) is 6.72. The Labute approximate surface area is 119 Å². The van der Waals surface area contributed by atoms with Crippen molar-refractivity contribution >= 4 is 17.8 Å². The second-order valence-corrected chi connectivity index (χ2v) is 4.99. The highest BCUT2D eigenvalue weighted by molar-refractivity contribution is 5.78. The topological polar surface area (TPSA) is 107 Å². The number of carboxylic acid groups (broad SMARTS) is 2. The molecular weight excluding hydrogens is 264 g/mol. The molecule has 2 atom stereocenters. The van der Waals surface area contributed by atoms with Crippen molar-refractivity contribution in [1.29, 1.82) is 0 Å². The van der Waals surface area contributed by atoms with Crippen LogP contribution in [0.25, 0.3) is 0 Å². The van der Waals surface area contributed by atoms with E-state index in [4.69, 9.17) is 10.2 Å². The molecule has 1 amide bonds. The van der Waals surface area contributed by atoms with Crippen LogP contribution in [0.3, 0.4) is 0 Å². The molecule has 7 nitrogen and oxygen atoms in total. The Hall–Kier alpha value is -1.63. The number of hydrogen-bond donors (Lipinski definition) is 3. The second-order valence-electron chi connectivity index (χ2n) is 4.99. The van der Waals surface area contributed by atoms with Gasteiger partial charge in [-0.2, -0.15) is 0 Å². The monoisotopic (exact) mass is 288 g/mol. The molecule has 3 N–H and O–H groups in total. The van der Waals surface area contributed by atoms with Gasteiger partial charge in [-0.25, -0.2) is 0 Å². The first kappa shape index (κ1) is 18.4. The lowest BCUT2D eigenvalue weighted by Gasteiger charge is -2.23. The van der Waals surface area contributed by atoms with Crippen LogP contribution >= 0.6 is 0 Å². The van der Waals surface area contributed by atoms with Crippen molar-refractivity contribution < 1.29 is 24.6 Å². The Bertz CT molecular complexity index is 346. The molecule has 0 aliphatic rings. The van der Waals surface area contributed by atoms with Crippen LogP contribution in [0.4, 0.5) is 0 Å². The van der Waals surface area contributed by atoms with Gasteiger partial charge in [0.15, 0.2) is 0 Å². The Balaban J connectivity index is 4.47. The molecule has 0 radical (unpaired) electrons. The van der Waals surface area contributed by atoms with E-state index < -0.39 is 17.9 Å². The smallest absolute Gasteiger partial charge is 0.307 e. The molecule has 0 aromatic heterocycles. The molecule has 0 aliphatic heterocycles. The quantitative estimate of drug-likeness (QED) is 0.537. The highest BCUT2D eigenvalue weighted by Crippen LogP contribution is 2.02. The molecule has 0 aromatic rings. The lowest BCUT2D eigenvalue weighted by molar-refractivity contribution is -0.142. The van der Waals surface area contributed by atoms with Crippen LogP contribution in [-0.2, 0) is 14.4 Å². The molecule has 0 saturated carbocycles. The van der Waals surface area contributed by atoms with Crippen molar-refractivity contribution in [2.75, 3.05) is 19.6 Å². The minimum atomic E-state index is -0.972. The van der Waals surface area contributed by atoms with Gasteiger partial charge in [-0.05, 0) is 13.3 Å². The van der Waals surface area contributed by atoms with Gasteiger partial charge in [0.1, 0.15) is 0 Å². The zero-order valence-corrected chi connectivity index (χ0v) is 12.3. The van der Waals surface area contributed by atoms with Crippen LogP contribution in [-0.4, -0.2) is 58.6 Å². The average molecular weight is 288 g/mol. The second kappa shape index (κ2) is 9.30. The van der Waals surface area contributed by atoms with Gasteiger partial charge >= 0.3 is 11.9 Å². The van der Waals surface area contributed by atoms with Gasteiger partial charge in [0.2, 0.25) is 5.91 Å². The van der Waals surface area contributed by atoms with E-state index >= 15 is 0 Å². The maximum atomic E-state index is 11.8. The van der Waals surface area contributed by atoms with Crippen LogP contribution in [0.5, 0.6) is 0 Å². The first-order valence-electron chi connectivity index (χ1n) is 6.72. The van der Waals surface area contributed by atoms with Crippen molar-refractivity contribution in [3.8, 4) is 0 Å². The van der Waals surface area contributed by atoms with Crippen LogP contribution in [0.2, 0.25) is 0 Å². The third-order valence-corrected chi connectivity index (χ3v) is 2.98. The summed E-state index contributed by atoms with van der Waals surface area (Å²) in [5.74, 6) is -2.81. The summed E-state index contributed by atoms with van der Waals surface area (Å²) >= 11 is 0. The summed E-state index contributed by atoms with van der Waals surface area (Å²) in [4.78, 5) is 34.8. The van der Waals surface area contributed by atoms with Gasteiger partial charge in [-0.3, -0.25) is 19.3 Å². The van der Waals surface area contributed by atoms with Crippen molar-refractivity contribution in [1.82, 2.24) is 10.2 Å². The standard InChI is InChI=1S/C13H24N2O5/c1-4-10(3)14-11(16)8-15(6-5-12(17)18)7-9(2)13(19)20/h9-10H,4-8H2,1-3H3,(H,14,16)(H,17,18)(H,19,20). The number of nitrogens with zero attached hydrogens (tertiary/aromatic N) is 1. The molecule has 0 fully saturated rings. The lowest BCUT2D eigenvalue weighted by Crippen LogP contribution is -2.43. The first-order chi connectivity index (χ1) is 9.26. The Morgan fingerprint density at radius 3 is 2.25 bits per heavy atom. The van der Waals surface area contributed by atoms with E-state index in [0.29, 0.717) is 0 Å². The Morgan fingerprint density at radius 1 is 1.20 bits per heavy atom. The number of nitrogens with one attached hydrogen (secondary N) is 1.